The van der Waals surface area contributed by atoms with E-state index in [2.05, 4.69) is 30.9 Å². The average Bonchev–Trinajstić information content (AvgIpc) is 3.38. The quantitative estimate of drug-likeness (QED) is 0.388. The number of fused-ring (bicyclic) bond motifs is 1. The molecule has 1 amide bonds. The number of hydrogen-bond donors (Lipinski definition) is 5. The first-order chi connectivity index (χ1) is 14.3. The Morgan fingerprint density at radius 2 is 2.13 bits per heavy atom. The standard InChI is InChI=1S/C21H25FN6O2/c1-21(2,30)17(22)11-26-20(29)15-10-24-18(8-16(15)27-13-3-4-13)28-14-7-12-5-6-23-19(12)25-9-14/h5-10,13,17,30H,3-4,11H2,1-2H3,(H,23,25)(H,26,29)(H2,24,27,28). The summed E-state index contributed by atoms with van der Waals surface area (Å²) in [6.45, 7) is 2.45. The monoisotopic (exact) mass is 412 g/mol. The maximum Gasteiger partial charge on any atom is 0.255 e. The molecular weight excluding hydrogens is 387 g/mol. The van der Waals surface area contributed by atoms with Crippen molar-refractivity contribution in [3.8, 4) is 0 Å². The number of carbonyl (C=O) groups excluding carboxylic acids is 1. The van der Waals surface area contributed by atoms with Crippen molar-refractivity contribution < 1.29 is 14.3 Å². The molecule has 1 aliphatic carbocycles. The molecule has 1 fully saturated rings. The second-order valence-electron chi connectivity index (χ2n) is 8.13. The Kier molecular flexibility index (Phi) is 5.29. The Balaban J connectivity index is 1.51. The van der Waals surface area contributed by atoms with E-state index >= 15 is 0 Å². The maximum atomic E-state index is 14.0. The molecule has 1 saturated carbocycles. The SMILES string of the molecule is CC(C)(O)C(F)CNC(=O)c1cnc(Nc2cnc3[nH]ccc3c2)cc1NC1CC1. The van der Waals surface area contributed by atoms with Crippen LogP contribution < -0.4 is 16.0 Å². The van der Waals surface area contributed by atoms with E-state index in [1.54, 1.807) is 12.3 Å². The average molecular weight is 412 g/mol. The summed E-state index contributed by atoms with van der Waals surface area (Å²) in [7, 11) is 0. The highest BCUT2D eigenvalue weighted by Crippen LogP contribution is 2.29. The number of H-pyrrole nitrogens is 1. The fraction of sp³-hybridized carbons (Fsp3) is 0.381. The van der Waals surface area contributed by atoms with Gasteiger partial charge in [0.2, 0.25) is 0 Å². The molecule has 9 heteroatoms. The topological polar surface area (TPSA) is 115 Å². The van der Waals surface area contributed by atoms with Gasteiger partial charge in [-0.1, -0.05) is 0 Å². The van der Waals surface area contributed by atoms with Gasteiger partial charge in [0.15, 0.2) is 0 Å². The molecule has 4 rings (SSSR count). The Morgan fingerprint density at radius 3 is 2.87 bits per heavy atom. The van der Waals surface area contributed by atoms with Gasteiger partial charge in [0.05, 0.1) is 35.3 Å². The van der Waals surface area contributed by atoms with Crippen molar-refractivity contribution in [3.63, 3.8) is 0 Å². The van der Waals surface area contributed by atoms with Gasteiger partial charge in [-0.25, -0.2) is 14.4 Å². The van der Waals surface area contributed by atoms with Crippen LogP contribution in [0.4, 0.5) is 21.6 Å². The summed E-state index contributed by atoms with van der Waals surface area (Å²) in [6.07, 6.45) is 5.47. The second kappa shape index (κ2) is 7.91. The third-order valence-electron chi connectivity index (χ3n) is 4.97. The molecule has 8 nitrogen and oxygen atoms in total. The number of aromatic nitrogens is 3. The molecule has 1 aliphatic rings. The molecular formula is C21H25FN6O2. The number of anilines is 3. The Hall–Kier alpha value is -3.20. The van der Waals surface area contributed by atoms with Crippen LogP contribution in [-0.4, -0.2) is 50.3 Å². The van der Waals surface area contributed by atoms with Crippen molar-refractivity contribution in [2.24, 2.45) is 0 Å². The van der Waals surface area contributed by atoms with Crippen molar-refractivity contribution in [2.75, 3.05) is 17.2 Å². The number of carbonyl (C=O) groups is 1. The van der Waals surface area contributed by atoms with Crippen LogP contribution in [0.5, 0.6) is 0 Å². The number of aliphatic hydroxyl groups is 1. The van der Waals surface area contributed by atoms with Crippen molar-refractivity contribution >= 4 is 34.1 Å². The molecule has 0 aliphatic heterocycles. The first-order valence-electron chi connectivity index (χ1n) is 9.91. The van der Waals surface area contributed by atoms with Gasteiger partial charge in [-0.15, -0.1) is 0 Å². The zero-order valence-corrected chi connectivity index (χ0v) is 16.9. The highest BCUT2D eigenvalue weighted by molar-refractivity contribution is 6.00. The Bertz CT molecular complexity index is 1060. The van der Waals surface area contributed by atoms with Gasteiger partial charge >= 0.3 is 0 Å². The predicted octanol–water partition coefficient (Wildman–Crippen LogP) is 3.11. The van der Waals surface area contributed by atoms with E-state index in [9.17, 15) is 14.3 Å². The largest absolute Gasteiger partial charge is 0.387 e. The number of nitrogens with zero attached hydrogens (tertiary/aromatic N) is 2. The summed E-state index contributed by atoms with van der Waals surface area (Å²) in [5, 5.41) is 19.8. The van der Waals surface area contributed by atoms with Crippen LogP contribution in [0.2, 0.25) is 0 Å². The molecule has 1 unspecified atom stereocenters. The van der Waals surface area contributed by atoms with Gasteiger partial charge in [-0.05, 0) is 38.8 Å². The van der Waals surface area contributed by atoms with Crippen LogP contribution in [0.3, 0.4) is 0 Å². The van der Waals surface area contributed by atoms with E-state index in [1.807, 2.05) is 18.3 Å². The fourth-order valence-corrected chi connectivity index (χ4v) is 2.96. The van der Waals surface area contributed by atoms with Crippen LogP contribution in [0, 0.1) is 0 Å². The molecule has 0 radical (unpaired) electrons. The fourth-order valence-electron chi connectivity index (χ4n) is 2.96. The lowest BCUT2D eigenvalue weighted by Gasteiger charge is -2.22. The van der Waals surface area contributed by atoms with E-state index in [4.69, 9.17) is 0 Å². The molecule has 0 aromatic carbocycles. The molecule has 3 aromatic rings. The number of nitrogens with one attached hydrogen (secondary N) is 4. The van der Waals surface area contributed by atoms with Crippen LogP contribution in [0.15, 0.2) is 36.8 Å². The molecule has 3 heterocycles. The normalized spacial score (nSPS) is 15.1. The lowest BCUT2D eigenvalue weighted by Crippen LogP contribution is -2.42. The van der Waals surface area contributed by atoms with E-state index in [0.29, 0.717) is 23.1 Å². The zero-order chi connectivity index (χ0) is 21.3. The predicted molar refractivity (Wildman–Crippen MR) is 114 cm³/mol. The minimum Gasteiger partial charge on any atom is -0.387 e. The van der Waals surface area contributed by atoms with Crippen LogP contribution in [-0.2, 0) is 0 Å². The van der Waals surface area contributed by atoms with E-state index in [0.717, 1.165) is 29.6 Å². The van der Waals surface area contributed by atoms with Crippen molar-refractivity contribution in [1.82, 2.24) is 20.3 Å². The zero-order valence-electron chi connectivity index (χ0n) is 16.9. The number of aromatic amines is 1. The van der Waals surface area contributed by atoms with Crippen molar-refractivity contribution in [1.29, 1.82) is 0 Å². The van der Waals surface area contributed by atoms with Crippen molar-refractivity contribution in [3.05, 3.63) is 42.4 Å². The maximum absolute atomic E-state index is 14.0. The lowest BCUT2D eigenvalue weighted by atomic mass is 10.0. The van der Waals surface area contributed by atoms with Gasteiger partial charge < -0.3 is 26.0 Å². The molecule has 5 N–H and O–H groups in total. The number of alkyl halides is 1. The van der Waals surface area contributed by atoms with Gasteiger partial charge in [0.1, 0.15) is 17.6 Å². The molecule has 158 valence electrons. The van der Waals surface area contributed by atoms with Crippen LogP contribution in [0.25, 0.3) is 11.0 Å². The van der Waals surface area contributed by atoms with Gasteiger partial charge in [0.25, 0.3) is 5.91 Å². The molecule has 3 aromatic heterocycles. The summed E-state index contributed by atoms with van der Waals surface area (Å²) in [5.41, 5.74) is 1.00. The molecule has 0 bridgehead atoms. The number of rotatable bonds is 8. The molecule has 1 atom stereocenters. The van der Waals surface area contributed by atoms with Gasteiger partial charge in [-0.3, -0.25) is 4.79 Å². The Labute approximate surface area is 173 Å². The van der Waals surface area contributed by atoms with Gasteiger partial charge in [-0.2, -0.15) is 0 Å². The Morgan fingerprint density at radius 1 is 1.33 bits per heavy atom. The molecule has 0 saturated heterocycles. The highest BCUT2D eigenvalue weighted by atomic mass is 19.1. The smallest absolute Gasteiger partial charge is 0.255 e. The number of hydrogen-bond acceptors (Lipinski definition) is 6. The van der Waals surface area contributed by atoms with Crippen molar-refractivity contribution in [2.45, 2.75) is 44.5 Å². The first-order valence-corrected chi connectivity index (χ1v) is 9.91. The summed E-state index contributed by atoms with van der Waals surface area (Å²) in [6, 6.07) is 5.96. The lowest BCUT2D eigenvalue weighted by molar-refractivity contribution is -0.00177. The molecule has 0 spiro atoms. The summed E-state index contributed by atoms with van der Waals surface area (Å²) in [5.74, 6) is 0.116. The summed E-state index contributed by atoms with van der Waals surface area (Å²) >= 11 is 0. The third-order valence-corrected chi connectivity index (χ3v) is 4.97. The minimum absolute atomic E-state index is 0.284. The third kappa shape index (κ3) is 4.68. The van der Waals surface area contributed by atoms with Crippen LogP contribution in [0.1, 0.15) is 37.0 Å². The van der Waals surface area contributed by atoms with E-state index in [1.165, 1.54) is 20.0 Å². The summed E-state index contributed by atoms with van der Waals surface area (Å²) in [4.78, 5) is 24.3. The highest BCUT2D eigenvalue weighted by Gasteiger charge is 2.28. The van der Waals surface area contributed by atoms with E-state index in [-0.39, 0.29) is 6.54 Å². The first kappa shape index (κ1) is 20.1. The van der Waals surface area contributed by atoms with E-state index < -0.39 is 17.7 Å². The molecule has 30 heavy (non-hydrogen) atoms. The summed E-state index contributed by atoms with van der Waals surface area (Å²) < 4.78 is 14.0. The minimum atomic E-state index is -1.58. The number of pyridine rings is 2. The second-order valence-corrected chi connectivity index (χ2v) is 8.13. The van der Waals surface area contributed by atoms with Gasteiger partial charge in [0, 0.05) is 29.9 Å². The van der Waals surface area contributed by atoms with Crippen LogP contribution >= 0.6 is 0 Å². The number of amides is 1. The number of halogens is 1.